The lowest BCUT2D eigenvalue weighted by Gasteiger charge is -2.29. The first-order chi connectivity index (χ1) is 12.9. The summed E-state index contributed by atoms with van der Waals surface area (Å²) in [5.74, 6) is 0.291. The monoisotopic (exact) mass is 387 g/mol. The number of carbonyl (C=O) groups is 2. The number of imide groups is 1. The van der Waals surface area contributed by atoms with Gasteiger partial charge in [-0.25, -0.2) is 4.79 Å². The van der Waals surface area contributed by atoms with Crippen molar-refractivity contribution < 1.29 is 24.0 Å². The van der Waals surface area contributed by atoms with Crippen LogP contribution in [0.5, 0.6) is 11.6 Å². The van der Waals surface area contributed by atoms with Crippen LogP contribution in [0.25, 0.3) is 0 Å². The van der Waals surface area contributed by atoms with Gasteiger partial charge in [0.1, 0.15) is 5.75 Å². The topological polar surface area (TPSA) is 111 Å². The number of aromatic nitrogens is 1. The van der Waals surface area contributed by atoms with E-state index in [1.165, 1.54) is 23.6 Å². The molecule has 0 bridgehead atoms. The highest BCUT2D eigenvalue weighted by molar-refractivity contribution is 7.18. The van der Waals surface area contributed by atoms with Crippen molar-refractivity contribution >= 4 is 44.9 Å². The van der Waals surface area contributed by atoms with Crippen molar-refractivity contribution in [2.75, 3.05) is 21.2 Å². The van der Waals surface area contributed by atoms with Crippen molar-refractivity contribution in [3.63, 3.8) is 0 Å². The minimum Gasteiger partial charge on any atom is -0.497 e. The van der Waals surface area contributed by atoms with Crippen molar-refractivity contribution in [1.82, 2.24) is 9.80 Å². The van der Waals surface area contributed by atoms with Gasteiger partial charge < -0.3 is 9.84 Å². The number of fused-ring (bicyclic) bond motifs is 3. The number of aromatic hydroxyl groups is 1. The number of likely N-dealkylation sites (N-methyl/N-ethyl adjacent to an activating group) is 2. The molecule has 11 heteroatoms. The Bertz CT molecular complexity index is 1010. The highest BCUT2D eigenvalue weighted by atomic mass is 32.1. The number of rotatable bonds is 3. The number of thiazole rings is 1. The van der Waals surface area contributed by atoms with Gasteiger partial charge in [0.2, 0.25) is 5.00 Å². The summed E-state index contributed by atoms with van der Waals surface area (Å²) in [5, 5.41) is 19.3. The number of carbonyl (C=O) groups excluding carboxylic acids is 2. The van der Waals surface area contributed by atoms with Gasteiger partial charge in [0.25, 0.3) is 17.8 Å². The molecule has 1 fully saturated rings. The van der Waals surface area contributed by atoms with Gasteiger partial charge in [-0.2, -0.15) is 4.57 Å². The zero-order valence-electron chi connectivity index (χ0n) is 14.7. The number of amidine groups is 1. The van der Waals surface area contributed by atoms with E-state index in [-0.39, 0.29) is 16.7 Å². The second kappa shape index (κ2) is 6.13. The van der Waals surface area contributed by atoms with Crippen molar-refractivity contribution in [1.29, 1.82) is 0 Å². The lowest BCUT2D eigenvalue weighted by Crippen LogP contribution is -2.61. The maximum atomic E-state index is 12.5. The summed E-state index contributed by atoms with van der Waals surface area (Å²) in [6, 6.07) is 5.59. The third-order valence-corrected chi connectivity index (χ3v) is 5.27. The van der Waals surface area contributed by atoms with Crippen LogP contribution in [0.4, 0.5) is 20.6 Å². The van der Waals surface area contributed by atoms with Gasteiger partial charge >= 0.3 is 17.0 Å². The molecule has 10 nitrogen and oxygen atoms in total. The van der Waals surface area contributed by atoms with Crippen LogP contribution in [-0.4, -0.2) is 53.9 Å². The van der Waals surface area contributed by atoms with E-state index in [1.807, 2.05) is 0 Å². The third kappa shape index (κ3) is 2.54. The van der Waals surface area contributed by atoms with E-state index < -0.39 is 18.0 Å². The molecule has 1 atom stereocenters. The van der Waals surface area contributed by atoms with Crippen LogP contribution in [0.3, 0.4) is 0 Å². The molecule has 138 valence electrons. The van der Waals surface area contributed by atoms with Crippen LogP contribution in [-0.2, 0) is 4.79 Å². The molecule has 3 heterocycles. The first-order valence-electron chi connectivity index (χ1n) is 7.89. The number of amides is 3. The lowest BCUT2D eigenvalue weighted by molar-refractivity contribution is -0.679. The van der Waals surface area contributed by atoms with Gasteiger partial charge in [-0.15, -0.1) is 10.2 Å². The number of urea groups is 1. The van der Waals surface area contributed by atoms with Crippen LogP contribution in [0.2, 0.25) is 0 Å². The molecule has 3 amide bonds. The maximum Gasteiger partial charge on any atom is 0.390 e. The van der Waals surface area contributed by atoms with Crippen LogP contribution in [0, 0.1) is 0 Å². The quantitative estimate of drug-likeness (QED) is 0.643. The van der Waals surface area contributed by atoms with E-state index in [4.69, 9.17) is 4.74 Å². The van der Waals surface area contributed by atoms with Crippen molar-refractivity contribution in [2.24, 2.45) is 15.2 Å². The summed E-state index contributed by atoms with van der Waals surface area (Å²) in [6.45, 7) is 0. The predicted molar refractivity (Wildman–Crippen MR) is 95.4 cm³/mol. The molecule has 2 aromatic rings. The average molecular weight is 387 g/mol. The molecule has 1 unspecified atom stereocenters. The summed E-state index contributed by atoms with van der Waals surface area (Å²) < 4.78 is 6.45. The molecule has 1 aromatic carbocycles. The first kappa shape index (κ1) is 17.1. The van der Waals surface area contributed by atoms with Gasteiger partial charge in [0, 0.05) is 14.1 Å². The Morgan fingerprint density at radius 1 is 1.19 bits per heavy atom. The maximum absolute atomic E-state index is 12.5. The van der Waals surface area contributed by atoms with E-state index in [2.05, 4.69) is 15.2 Å². The fourth-order valence-electron chi connectivity index (χ4n) is 2.86. The average Bonchev–Trinajstić information content (AvgIpc) is 3.20. The second-order valence-corrected chi connectivity index (χ2v) is 6.85. The Labute approximate surface area is 157 Å². The van der Waals surface area contributed by atoms with E-state index in [1.54, 1.807) is 31.4 Å². The van der Waals surface area contributed by atoms with Gasteiger partial charge in [-0.1, -0.05) is 0 Å². The van der Waals surface area contributed by atoms with Gasteiger partial charge in [-0.3, -0.25) is 14.6 Å². The molecule has 0 saturated carbocycles. The SMILES string of the molecule is COc1ccc(N=Nc2sc3[n+](c2O)C2C(=O)N(C)C(=O)N(C)C2=N3)cc1. The Hall–Kier alpha value is -3.34. The highest BCUT2D eigenvalue weighted by Crippen LogP contribution is 2.42. The number of methoxy groups -OCH3 is 1. The van der Waals surface area contributed by atoms with Crippen LogP contribution in [0.1, 0.15) is 6.04 Å². The number of nitrogens with zero attached hydrogens (tertiary/aromatic N) is 6. The molecule has 2 aliphatic rings. The molecule has 0 spiro atoms. The molecular formula is C16H15N6O4S+. The Balaban J connectivity index is 1.68. The van der Waals surface area contributed by atoms with Gasteiger partial charge in [0.05, 0.1) is 12.8 Å². The molecule has 1 N–H and O–H groups in total. The molecule has 2 aliphatic heterocycles. The van der Waals surface area contributed by atoms with Gasteiger partial charge in [-0.05, 0) is 40.6 Å². The Morgan fingerprint density at radius 2 is 1.89 bits per heavy atom. The molecule has 0 aliphatic carbocycles. The smallest absolute Gasteiger partial charge is 0.390 e. The minimum absolute atomic E-state index is 0.221. The van der Waals surface area contributed by atoms with Crippen LogP contribution in [0.15, 0.2) is 39.5 Å². The zero-order chi connectivity index (χ0) is 19.3. The minimum atomic E-state index is -0.895. The molecule has 27 heavy (non-hydrogen) atoms. The lowest BCUT2D eigenvalue weighted by atomic mass is 10.2. The number of azo groups is 1. The summed E-state index contributed by atoms with van der Waals surface area (Å²) in [5.41, 5.74) is 0.580. The van der Waals surface area contributed by atoms with Gasteiger partial charge in [0.15, 0.2) is 0 Å². The van der Waals surface area contributed by atoms with Crippen molar-refractivity contribution in [3.8, 4) is 11.6 Å². The Kier molecular flexibility index (Phi) is 3.88. The van der Waals surface area contributed by atoms with Crippen LogP contribution >= 0.6 is 11.3 Å². The van der Waals surface area contributed by atoms with Crippen LogP contribution < -0.4 is 9.30 Å². The number of benzene rings is 1. The van der Waals surface area contributed by atoms with E-state index in [9.17, 15) is 14.7 Å². The fourth-order valence-corrected chi connectivity index (χ4v) is 3.73. The highest BCUT2D eigenvalue weighted by Gasteiger charge is 2.55. The van der Waals surface area contributed by atoms with E-state index in [0.717, 1.165) is 16.2 Å². The molecule has 1 saturated heterocycles. The summed E-state index contributed by atoms with van der Waals surface area (Å²) in [6.07, 6.45) is 0. The van der Waals surface area contributed by atoms with Crippen molar-refractivity contribution in [3.05, 3.63) is 24.3 Å². The van der Waals surface area contributed by atoms with E-state index in [0.29, 0.717) is 16.6 Å². The summed E-state index contributed by atoms with van der Waals surface area (Å²) in [7, 11) is 4.50. The second-order valence-electron chi connectivity index (χ2n) is 5.89. The van der Waals surface area contributed by atoms with E-state index >= 15 is 0 Å². The summed E-state index contributed by atoms with van der Waals surface area (Å²) in [4.78, 5) is 31.2. The number of hydrogen-bond donors (Lipinski definition) is 1. The number of hydrogen-bond acceptors (Lipinski definition) is 8. The number of ether oxygens (including phenoxy) is 1. The number of aliphatic imine (C=N–C) groups is 1. The molecule has 1 aromatic heterocycles. The molecule has 0 radical (unpaired) electrons. The first-order valence-corrected chi connectivity index (χ1v) is 8.71. The zero-order valence-corrected chi connectivity index (χ0v) is 15.5. The standard InChI is InChI=1S/C16H14N6O4S/c1-20-11-10(13(23)21(2)16(20)25)22-14(24)12(27-15(22)17-11)19-18-8-4-6-9(26-3)7-5-8/h4-7,10H,1-3H3/p+1. The third-order valence-electron chi connectivity index (χ3n) is 4.34. The summed E-state index contributed by atoms with van der Waals surface area (Å²) >= 11 is 1.08. The van der Waals surface area contributed by atoms with Crippen molar-refractivity contribution in [2.45, 2.75) is 6.04 Å². The molecular weight excluding hydrogens is 372 g/mol. The fraction of sp³-hybridized carbons (Fsp3) is 0.250. The predicted octanol–water partition coefficient (Wildman–Crippen LogP) is 2.27. The largest absolute Gasteiger partial charge is 0.497 e. The Morgan fingerprint density at radius 3 is 2.56 bits per heavy atom. The normalized spacial score (nSPS) is 18.8. The molecule has 4 rings (SSSR count).